The first-order valence-electron chi connectivity index (χ1n) is 11.2. The molecule has 0 fully saturated rings. The molecule has 2 aromatic carbocycles. The summed E-state index contributed by atoms with van der Waals surface area (Å²) in [6.07, 6.45) is 2.27. The molecule has 176 valence electrons. The number of hydrogen-bond acceptors (Lipinski definition) is 5. The molecule has 35 heavy (non-hydrogen) atoms. The third-order valence-electron chi connectivity index (χ3n) is 6.34. The third-order valence-corrected chi connectivity index (χ3v) is 6.34. The average molecular weight is 470 g/mol. The summed E-state index contributed by atoms with van der Waals surface area (Å²) in [5.41, 5.74) is 0.845. The number of carboxylic acids is 1. The molecule has 0 spiro atoms. The van der Waals surface area contributed by atoms with Gasteiger partial charge in [-0.3, -0.25) is 9.59 Å². The van der Waals surface area contributed by atoms with Crippen molar-refractivity contribution in [1.82, 2.24) is 9.97 Å². The van der Waals surface area contributed by atoms with Crippen LogP contribution in [0.2, 0.25) is 0 Å². The van der Waals surface area contributed by atoms with E-state index in [1.54, 1.807) is 36.4 Å². The molecule has 8 nitrogen and oxygen atoms in total. The van der Waals surface area contributed by atoms with Gasteiger partial charge >= 0.3 is 5.97 Å². The number of aryl methyl sites for hydroxylation is 1. The van der Waals surface area contributed by atoms with Crippen LogP contribution in [-0.2, 0) is 16.0 Å². The number of carboxylic acid groups (broad SMARTS) is 1. The number of hydrogen-bond donors (Lipinski definition) is 5. The lowest BCUT2D eigenvalue weighted by molar-refractivity contribution is -0.116. The Morgan fingerprint density at radius 1 is 0.800 bits per heavy atom. The fourth-order valence-electron chi connectivity index (χ4n) is 4.73. The van der Waals surface area contributed by atoms with Crippen LogP contribution in [0.4, 0.5) is 0 Å². The van der Waals surface area contributed by atoms with Crippen LogP contribution in [0.1, 0.15) is 47.1 Å². The van der Waals surface area contributed by atoms with Crippen molar-refractivity contribution in [1.29, 1.82) is 0 Å². The van der Waals surface area contributed by atoms with Crippen molar-refractivity contribution in [2.24, 2.45) is 0 Å². The number of para-hydroxylation sites is 2. The van der Waals surface area contributed by atoms with Crippen LogP contribution in [0.15, 0.2) is 60.0 Å². The van der Waals surface area contributed by atoms with E-state index < -0.39 is 34.6 Å². The molecule has 0 aliphatic heterocycles. The molecule has 1 aliphatic rings. The average Bonchev–Trinajstić information content (AvgIpc) is 3.41. The van der Waals surface area contributed by atoms with Gasteiger partial charge in [0, 0.05) is 38.6 Å². The fourth-order valence-corrected chi connectivity index (χ4v) is 4.73. The Morgan fingerprint density at radius 2 is 1.31 bits per heavy atom. The Kier molecular flexibility index (Phi) is 5.28. The van der Waals surface area contributed by atoms with Crippen LogP contribution >= 0.6 is 0 Å². The zero-order valence-corrected chi connectivity index (χ0v) is 18.8. The summed E-state index contributed by atoms with van der Waals surface area (Å²) >= 11 is 0. The number of carbonyl (C=O) groups excluding carboxylic acids is 2. The molecule has 0 radical (unpaired) electrons. The lowest BCUT2D eigenvalue weighted by Crippen LogP contribution is -2.24. The number of fused-ring (bicyclic) bond motifs is 2. The van der Waals surface area contributed by atoms with Gasteiger partial charge in [0.05, 0.1) is 11.1 Å². The second-order valence-corrected chi connectivity index (χ2v) is 8.46. The highest BCUT2D eigenvalue weighted by Gasteiger charge is 2.40. The van der Waals surface area contributed by atoms with Gasteiger partial charge in [0.1, 0.15) is 5.69 Å². The molecule has 0 atom stereocenters. The van der Waals surface area contributed by atoms with E-state index in [-0.39, 0.29) is 16.8 Å². The van der Waals surface area contributed by atoms with Crippen LogP contribution in [0.3, 0.4) is 0 Å². The fraction of sp³-hybridized carbons (Fsp3) is 0.148. The number of benzene rings is 2. The number of aromatic carboxylic acids is 1. The monoisotopic (exact) mass is 470 g/mol. The largest absolute Gasteiger partial charge is 0.504 e. The number of rotatable bonds is 6. The Labute approximate surface area is 199 Å². The number of aromatic nitrogens is 2. The molecular weight excluding hydrogens is 448 g/mol. The molecule has 0 saturated carbocycles. The summed E-state index contributed by atoms with van der Waals surface area (Å²) in [6.45, 7) is 2.02. The Morgan fingerprint density at radius 3 is 1.89 bits per heavy atom. The molecule has 4 aromatic rings. The minimum Gasteiger partial charge on any atom is -0.504 e. The summed E-state index contributed by atoms with van der Waals surface area (Å²) in [7, 11) is 0. The summed E-state index contributed by atoms with van der Waals surface area (Å²) in [5, 5.41) is 32.8. The van der Waals surface area contributed by atoms with E-state index in [0.717, 1.165) is 18.4 Å². The molecule has 5 N–H and O–H groups in total. The Hall–Kier alpha value is -4.59. The van der Waals surface area contributed by atoms with E-state index in [0.29, 0.717) is 34.0 Å². The van der Waals surface area contributed by atoms with Crippen molar-refractivity contribution in [3.8, 4) is 0 Å². The molecule has 2 aromatic heterocycles. The summed E-state index contributed by atoms with van der Waals surface area (Å²) < 4.78 is 0. The molecule has 0 saturated heterocycles. The van der Waals surface area contributed by atoms with E-state index >= 15 is 0 Å². The summed E-state index contributed by atoms with van der Waals surface area (Å²) in [6, 6.07) is 13.7. The number of ketones is 2. The number of allylic oxidation sites excluding steroid dienone is 2. The summed E-state index contributed by atoms with van der Waals surface area (Å²) in [4.78, 5) is 44.9. The van der Waals surface area contributed by atoms with Crippen LogP contribution in [0.5, 0.6) is 0 Å². The number of H-pyrrole nitrogens is 2. The van der Waals surface area contributed by atoms with E-state index in [4.69, 9.17) is 0 Å². The van der Waals surface area contributed by atoms with Crippen molar-refractivity contribution in [2.75, 3.05) is 0 Å². The van der Waals surface area contributed by atoms with Crippen LogP contribution in [-0.4, -0.2) is 42.8 Å². The van der Waals surface area contributed by atoms with Gasteiger partial charge in [-0.25, -0.2) is 4.79 Å². The van der Waals surface area contributed by atoms with Crippen molar-refractivity contribution in [3.05, 3.63) is 82.6 Å². The van der Waals surface area contributed by atoms with Gasteiger partial charge < -0.3 is 25.3 Å². The summed E-state index contributed by atoms with van der Waals surface area (Å²) in [5.74, 6) is -5.06. The highest BCUT2D eigenvalue weighted by Crippen LogP contribution is 2.41. The standard InChI is InChI=1S/C27H22N2O6/c1-2-3-10-17-18(13-8-4-6-11-15(13)28-17)20-23(30)25(32)21(26(33)24(20)31)19-14-9-5-7-12-16(14)29-22(19)27(34)35/h4-9,11-12,28-30,33H,2-3,10H2,1H3,(H,34,35). The molecule has 1 aliphatic carbocycles. The first kappa shape index (κ1) is 22.2. The van der Waals surface area contributed by atoms with Gasteiger partial charge in [-0.2, -0.15) is 0 Å². The Balaban J connectivity index is 1.75. The number of nitrogens with one attached hydrogen (secondary N) is 2. The number of unbranched alkanes of at least 4 members (excludes halogenated alkanes) is 1. The van der Waals surface area contributed by atoms with Crippen molar-refractivity contribution in [2.45, 2.75) is 26.2 Å². The Bertz CT molecular complexity index is 1620. The predicted molar refractivity (Wildman–Crippen MR) is 131 cm³/mol. The van der Waals surface area contributed by atoms with Gasteiger partial charge in [0.15, 0.2) is 11.5 Å². The molecular formula is C27H22N2O6. The highest BCUT2D eigenvalue weighted by atomic mass is 16.4. The molecule has 0 bridgehead atoms. The number of aliphatic hydroxyl groups excluding tert-OH is 2. The number of aromatic amines is 2. The molecule has 5 rings (SSSR count). The topological polar surface area (TPSA) is 143 Å². The first-order valence-corrected chi connectivity index (χ1v) is 11.2. The van der Waals surface area contributed by atoms with Crippen molar-refractivity contribution < 1.29 is 29.7 Å². The first-order chi connectivity index (χ1) is 16.8. The number of Topliss-reactive ketones (excluding diaryl/α,β-unsaturated/α-hetero) is 2. The molecule has 2 heterocycles. The van der Waals surface area contributed by atoms with Crippen molar-refractivity contribution in [3.63, 3.8) is 0 Å². The SMILES string of the molecule is CCCCc1[nH]c2ccccc2c1C1=C(O)C(=O)C(c2c(C(=O)O)[nH]c3ccccc23)=C(O)C1=O. The van der Waals surface area contributed by atoms with Gasteiger partial charge in [-0.1, -0.05) is 49.7 Å². The normalized spacial score (nSPS) is 14.5. The number of aliphatic hydroxyl groups is 2. The van der Waals surface area contributed by atoms with E-state index in [2.05, 4.69) is 9.97 Å². The third kappa shape index (κ3) is 3.33. The minimum absolute atomic E-state index is 0.139. The highest BCUT2D eigenvalue weighted by molar-refractivity contribution is 6.48. The van der Waals surface area contributed by atoms with Crippen LogP contribution < -0.4 is 0 Å². The maximum atomic E-state index is 13.5. The predicted octanol–water partition coefficient (Wildman–Crippen LogP) is 5.08. The second-order valence-electron chi connectivity index (χ2n) is 8.46. The van der Waals surface area contributed by atoms with Crippen molar-refractivity contribution >= 4 is 50.5 Å². The van der Waals surface area contributed by atoms with Gasteiger partial charge in [0.25, 0.3) is 0 Å². The smallest absolute Gasteiger partial charge is 0.352 e. The maximum Gasteiger partial charge on any atom is 0.352 e. The minimum atomic E-state index is -1.37. The molecule has 0 amide bonds. The zero-order chi connectivity index (χ0) is 24.9. The quantitative estimate of drug-likeness (QED) is 0.249. The van der Waals surface area contributed by atoms with Gasteiger partial charge in [-0.05, 0) is 25.0 Å². The van der Waals surface area contributed by atoms with Gasteiger partial charge in [0.2, 0.25) is 11.6 Å². The molecule has 8 heteroatoms. The van der Waals surface area contributed by atoms with Crippen LogP contribution in [0.25, 0.3) is 33.0 Å². The van der Waals surface area contributed by atoms with Crippen LogP contribution in [0, 0.1) is 0 Å². The molecule has 0 unspecified atom stereocenters. The lowest BCUT2D eigenvalue weighted by Gasteiger charge is -2.19. The number of carbonyl (C=O) groups is 3. The zero-order valence-electron chi connectivity index (χ0n) is 18.8. The lowest BCUT2D eigenvalue weighted by atomic mass is 9.84. The van der Waals surface area contributed by atoms with E-state index in [1.165, 1.54) is 0 Å². The van der Waals surface area contributed by atoms with Gasteiger partial charge in [-0.15, -0.1) is 0 Å². The maximum absolute atomic E-state index is 13.5. The van der Waals surface area contributed by atoms with E-state index in [9.17, 15) is 29.7 Å². The van der Waals surface area contributed by atoms with E-state index in [1.807, 2.05) is 19.1 Å². The second kappa shape index (κ2) is 8.32.